The molecule has 0 saturated carbocycles. The Kier molecular flexibility index (Phi) is 6.87. The fraction of sp³-hybridized carbons (Fsp3) is 0.643. The van der Waals surface area contributed by atoms with Crippen LogP contribution in [0.15, 0.2) is 10.6 Å². The van der Waals surface area contributed by atoms with Gasteiger partial charge in [0, 0.05) is 12.5 Å². The predicted octanol–water partition coefficient (Wildman–Crippen LogP) is 1.62. The number of ether oxygens (including phenoxy) is 1. The van der Waals surface area contributed by atoms with E-state index in [1.807, 2.05) is 25.8 Å². The van der Waals surface area contributed by atoms with Crippen LogP contribution in [0.25, 0.3) is 0 Å². The molecule has 0 bridgehead atoms. The average Bonchev–Trinajstić information content (AvgIpc) is 2.86. The van der Waals surface area contributed by atoms with Crippen LogP contribution < -0.4 is 5.32 Å². The van der Waals surface area contributed by atoms with Gasteiger partial charge >= 0.3 is 5.97 Å². The highest BCUT2D eigenvalue weighted by molar-refractivity contribution is 5.90. The number of likely N-dealkylation sites (N-methyl/N-ethyl adjacent to an activating group) is 1. The van der Waals surface area contributed by atoms with Gasteiger partial charge in [0.15, 0.2) is 0 Å². The van der Waals surface area contributed by atoms with Crippen LogP contribution in [-0.2, 0) is 14.3 Å². The number of aromatic nitrogens is 1. The first kappa shape index (κ1) is 17.2. The number of hydrogen-bond donors (Lipinski definition) is 1. The largest absolute Gasteiger partial charge is 0.469 e. The smallest absolute Gasteiger partial charge is 0.305 e. The van der Waals surface area contributed by atoms with Crippen LogP contribution >= 0.6 is 0 Å². The van der Waals surface area contributed by atoms with Crippen molar-refractivity contribution in [2.24, 2.45) is 0 Å². The first-order chi connectivity index (χ1) is 9.92. The van der Waals surface area contributed by atoms with Crippen LogP contribution in [0.5, 0.6) is 0 Å². The van der Waals surface area contributed by atoms with Gasteiger partial charge in [0.2, 0.25) is 11.8 Å². The maximum Gasteiger partial charge on any atom is 0.305 e. The van der Waals surface area contributed by atoms with Gasteiger partial charge < -0.3 is 9.26 Å². The van der Waals surface area contributed by atoms with E-state index in [9.17, 15) is 9.59 Å². The van der Waals surface area contributed by atoms with Crippen molar-refractivity contribution < 1.29 is 18.8 Å². The molecule has 21 heavy (non-hydrogen) atoms. The maximum absolute atomic E-state index is 11.8. The second-order valence-corrected chi connectivity index (χ2v) is 5.24. The molecule has 0 aliphatic heterocycles. The molecule has 1 amide bonds. The third-order valence-electron chi connectivity index (χ3n) is 2.94. The Morgan fingerprint density at radius 1 is 1.48 bits per heavy atom. The third-order valence-corrected chi connectivity index (χ3v) is 2.94. The Morgan fingerprint density at radius 2 is 2.19 bits per heavy atom. The van der Waals surface area contributed by atoms with Crippen molar-refractivity contribution in [2.45, 2.75) is 32.6 Å². The van der Waals surface area contributed by atoms with Crippen molar-refractivity contribution >= 4 is 17.8 Å². The van der Waals surface area contributed by atoms with E-state index in [-0.39, 0.29) is 24.3 Å². The van der Waals surface area contributed by atoms with Gasteiger partial charge in [-0.25, -0.2) is 0 Å². The van der Waals surface area contributed by atoms with E-state index in [1.54, 1.807) is 6.07 Å². The Morgan fingerprint density at radius 3 is 2.76 bits per heavy atom. The Labute approximate surface area is 124 Å². The minimum atomic E-state index is -0.240. The van der Waals surface area contributed by atoms with Gasteiger partial charge in [0.25, 0.3) is 0 Å². The van der Waals surface area contributed by atoms with E-state index in [4.69, 9.17) is 4.52 Å². The summed E-state index contributed by atoms with van der Waals surface area (Å²) in [5.41, 5.74) is 0.803. The molecule has 0 aliphatic carbocycles. The molecule has 0 fully saturated rings. The monoisotopic (exact) mass is 297 g/mol. The first-order valence-corrected chi connectivity index (χ1v) is 6.94. The highest BCUT2D eigenvalue weighted by Gasteiger charge is 2.12. The molecule has 0 saturated heterocycles. The van der Waals surface area contributed by atoms with E-state index in [0.29, 0.717) is 25.3 Å². The molecular weight excluding hydrogens is 274 g/mol. The molecule has 0 atom stereocenters. The molecule has 1 aromatic rings. The number of anilines is 1. The van der Waals surface area contributed by atoms with E-state index in [2.05, 4.69) is 15.2 Å². The van der Waals surface area contributed by atoms with Gasteiger partial charge in [-0.2, -0.15) is 0 Å². The lowest BCUT2D eigenvalue weighted by molar-refractivity contribution is -0.140. The zero-order chi connectivity index (χ0) is 15.8. The standard InChI is InChI=1S/C14H23N3O4/c1-10(2)11-8-13(21-16-11)15-12(18)9-17(3)7-5-6-14(19)20-4/h8,10H,5-7,9H2,1-4H3,(H,15,18). The summed E-state index contributed by atoms with van der Waals surface area (Å²) in [5.74, 6) is 0.185. The first-order valence-electron chi connectivity index (χ1n) is 6.94. The quantitative estimate of drug-likeness (QED) is 0.734. The minimum absolute atomic E-state index is 0.179. The normalized spacial score (nSPS) is 11.0. The molecule has 0 unspecified atom stereocenters. The number of nitrogens with zero attached hydrogens (tertiary/aromatic N) is 2. The molecular formula is C14H23N3O4. The van der Waals surface area contributed by atoms with Crippen molar-refractivity contribution in [2.75, 3.05) is 32.6 Å². The summed E-state index contributed by atoms with van der Waals surface area (Å²) in [5, 5.41) is 6.53. The highest BCUT2D eigenvalue weighted by Crippen LogP contribution is 2.17. The van der Waals surface area contributed by atoms with E-state index < -0.39 is 0 Å². The number of carbonyl (C=O) groups is 2. The molecule has 0 spiro atoms. The number of esters is 1. The summed E-state index contributed by atoms with van der Waals surface area (Å²) in [7, 11) is 3.18. The molecule has 1 rings (SSSR count). The number of amides is 1. The molecule has 1 heterocycles. The summed E-state index contributed by atoms with van der Waals surface area (Å²) in [4.78, 5) is 24.6. The highest BCUT2D eigenvalue weighted by atomic mass is 16.5. The second-order valence-electron chi connectivity index (χ2n) is 5.24. The van der Waals surface area contributed by atoms with Crippen LogP contribution in [0.2, 0.25) is 0 Å². The maximum atomic E-state index is 11.8. The summed E-state index contributed by atoms with van der Waals surface area (Å²) in [6.45, 7) is 4.85. The van der Waals surface area contributed by atoms with Crippen LogP contribution in [0.4, 0.5) is 5.88 Å². The number of methoxy groups -OCH3 is 1. The van der Waals surface area contributed by atoms with Crippen LogP contribution in [-0.4, -0.2) is 49.2 Å². The Hall–Kier alpha value is -1.89. The zero-order valence-corrected chi connectivity index (χ0v) is 13.0. The summed E-state index contributed by atoms with van der Waals surface area (Å²) >= 11 is 0. The molecule has 0 aliphatic rings. The van der Waals surface area contributed by atoms with Gasteiger partial charge in [0.1, 0.15) is 0 Å². The minimum Gasteiger partial charge on any atom is -0.469 e. The van der Waals surface area contributed by atoms with Gasteiger partial charge in [-0.15, -0.1) is 0 Å². The van der Waals surface area contributed by atoms with Crippen LogP contribution in [0, 0.1) is 0 Å². The molecule has 7 nitrogen and oxygen atoms in total. The second kappa shape index (κ2) is 8.41. The van der Waals surface area contributed by atoms with Crippen molar-refractivity contribution in [1.82, 2.24) is 10.1 Å². The van der Waals surface area contributed by atoms with Crippen molar-refractivity contribution in [3.05, 3.63) is 11.8 Å². The summed E-state index contributed by atoms with van der Waals surface area (Å²) < 4.78 is 9.60. The molecule has 0 radical (unpaired) electrons. The average molecular weight is 297 g/mol. The topological polar surface area (TPSA) is 84.7 Å². The van der Waals surface area contributed by atoms with Crippen molar-refractivity contribution in [1.29, 1.82) is 0 Å². The lowest BCUT2D eigenvalue weighted by Gasteiger charge is -2.14. The third kappa shape index (κ3) is 6.40. The van der Waals surface area contributed by atoms with Crippen molar-refractivity contribution in [3.63, 3.8) is 0 Å². The van der Waals surface area contributed by atoms with Gasteiger partial charge in [-0.05, 0) is 25.9 Å². The molecule has 118 valence electrons. The van der Waals surface area contributed by atoms with E-state index in [0.717, 1.165) is 5.69 Å². The van der Waals surface area contributed by atoms with Crippen LogP contribution in [0.3, 0.4) is 0 Å². The van der Waals surface area contributed by atoms with E-state index >= 15 is 0 Å². The lowest BCUT2D eigenvalue weighted by atomic mass is 10.1. The van der Waals surface area contributed by atoms with E-state index in [1.165, 1.54) is 7.11 Å². The fourth-order valence-electron chi connectivity index (χ4n) is 1.72. The molecule has 1 aromatic heterocycles. The number of hydrogen-bond acceptors (Lipinski definition) is 6. The fourth-order valence-corrected chi connectivity index (χ4v) is 1.72. The Bertz CT molecular complexity index is 471. The molecule has 7 heteroatoms. The summed E-state index contributed by atoms with van der Waals surface area (Å²) in [6.07, 6.45) is 0.999. The predicted molar refractivity (Wildman–Crippen MR) is 78.0 cm³/mol. The van der Waals surface area contributed by atoms with Gasteiger partial charge in [0.05, 0.1) is 19.3 Å². The Balaban J connectivity index is 2.30. The van der Waals surface area contributed by atoms with Gasteiger partial charge in [-0.1, -0.05) is 19.0 Å². The SMILES string of the molecule is COC(=O)CCCN(C)CC(=O)Nc1cc(C(C)C)no1. The zero-order valence-electron chi connectivity index (χ0n) is 13.0. The van der Waals surface area contributed by atoms with Crippen LogP contribution in [0.1, 0.15) is 38.3 Å². The number of rotatable bonds is 8. The van der Waals surface area contributed by atoms with Gasteiger partial charge in [-0.3, -0.25) is 19.8 Å². The number of carbonyl (C=O) groups excluding carboxylic acids is 2. The molecule has 1 N–H and O–H groups in total. The number of nitrogens with one attached hydrogen (secondary N) is 1. The molecule has 0 aromatic carbocycles. The lowest BCUT2D eigenvalue weighted by Crippen LogP contribution is -2.31. The summed E-state index contributed by atoms with van der Waals surface area (Å²) in [6, 6.07) is 1.72. The van der Waals surface area contributed by atoms with Crippen molar-refractivity contribution in [3.8, 4) is 0 Å².